The highest BCUT2D eigenvalue weighted by molar-refractivity contribution is 7.99. The molecular formula is C27H21ClN4O3S. The molecule has 2 amide bonds. The van der Waals surface area contributed by atoms with Crippen LogP contribution in [0.1, 0.15) is 35.5 Å². The SMILES string of the molecule is CCN1C(=O)c2ccccc2Sc2cc(-c3noc([C@@H]4CC(=O)N(c5cccc(Cl)c5)C4)n3)ccc21. The van der Waals surface area contributed by atoms with Crippen molar-refractivity contribution in [1.29, 1.82) is 0 Å². The number of halogens is 1. The number of hydrogen-bond acceptors (Lipinski definition) is 6. The van der Waals surface area contributed by atoms with Gasteiger partial charge in [0.2, 0.25) is 17.6 Å². The minimum absolute atomic E-state index is 0.00793. The first-order valence-corrected chi connectivity index (χ1v) is 12.8. The Morgan fingerprint density at radius 3 is 2.75 bits per heavy atom. The van der Waals surface area contributed by atoms with Crippen LogP contribution in [-0.2, 0) is 4.79 Å². The fraction of sp³-hybridized carbons (Fsp3) is 0.185. The highest BCUT2D eigenvalue weighted by atomic mass is 35.5. The van der Waals surface area contributed by atoms with Gasteiger partial charge < -0.3 is 14.3 Å². The molecule has 180 valence electrons. The number of nitrogens with zero attached hydrogens (tertiary/aromatic N) is 4. The van der Waals surface area contributed by atoms with Crippen molar-refractivity contribution < 1.29 is 14.1 Å². The molecule has 9 heteroatoms. The second-order valence-corrected chi connectivity index (χ2v) is 10.2. The molecule has 3 aromatic carbocycles. The monoisotopic (exact) mass is 516 g/mol. The summed E-state index contributed by atoms with van der Waals surface area (Å²) in [6.07, 6.45) is 0.290. The maximum absolute atomic E-state index is 13.1. The van der Waals surface area contributed by atoms with E-state index in [0.717, 1.165) is 26.7 Å². The van der Waals surface area contributed by atoms with Crippen LogP contribution >= 0.6 is 23.4 Å². The summed E-state index contributed by atoms with van der Waals surface area (Å²) in [5, 5.41) is 4.79. The third kappa shape index (κ3) is 3.96. The summed E-state index contributed by atoms with van der Waals surface area (Å²) in [4.78, 5) is 35.8. The van der Waals surface area contributed by atoms with Crippen molar-refractivity contribution in [2.45, 2.75) is 29.1 Å². The van der Waals surface area contributed by atoms with Gasteiger partial charge in [0.1, 0.15) is 0 Å². The first-order valence-electron chi connectivity index (χ1n) is 11.6. The van der Waals surface area contributed by atoms with E-state index in [2.05, 4.69) is 10.1 Å². The van der Waals surface area contributed by atoms with Gasteiger partial charge in [-0.25, -0.2) is 0 Å². The van der Waals surface area contributed by atoms with Crippen molar-refractivity contribution in [3.63, 3.8) is 0 Å². The third-order valence-electron chi connectivity index (χ3n) is 6.44. The van der Waals surface area contributed by atoms with E-state index < -0.39 is 0 Å². The molecule has 36 heavy (non-hydrogen) atoms. The van der Waals surface area contributed by atoms with E-state index in [1.54, 1.807) is 33.7 Å². The van der Waals surface area contributed by atoms with Crippen LogP contribution in [0.3, 0.4) is 0 Å². The lowest BCUT2D eigenvalue weighted by atomic mass is 10.1. The summed E-state index contributed by atoms with van der Waals surface area (Å²) in [5.74, 6) is 0.665. The molecule has 7 nitrogen and oxygen atoms in total. The third-order valence-corrected chi connectivity index (χ3v) is 7.80. The van der Waals surface area contributed by atoms with Crippen molar-refractivity contribution >= 4 is 46.6 Å². The van der Waals surface area contributed by atoms with Crippen LogP contribution in [0.15, 0.2) is 81.0 Å². The van der Waals surface area contributed by atoms with Crippen molar-refractivity contribution in [2.75, 3.05) is 22.9 Å². The van der Waals surface area contributed by atoms with E-state index >= 15 is 0 Å². The van der Waals surface area contributed by atoms with Gasteiger partial charge in [-0.15, -0.1) is 0 Å². The van der Waals surface area contributed by atoms with Gasteiger partial charge in [0, 0.05) is 45.6 Å². The highest BCUT2D eigenvalue weighted by Gasteiger charge is 2.35. The van der Waals surface area contributed by atoms with E-state index in [9.17, 15) is 9.59 Å². The van der Waals surface area contributed by atoms with Crippen LogP contribution in [0.5, 0.6) is 0 Å². The van der Waals surface area contributed by atoms with Gasteiger partial charge in [-0.05, 0) is 55.5 Å². The largest absolute Gasteiger partial charge is 0.339 e. The number of aromatic nitrogens is 2. The second-order valence-electron chi connectivity index (χ2n) is 8.67. The average molecular weight is 517 g/mol. The molecule has 0 unspecified atom stereocenters. The van der Waals surface area contributed by atoms with E-state index in [1.807, 2.05) is 61.5 Å². The molecule has 2 aliphatic heterocycles. The molecule has 1 atom stereocenters. The van der Waals surface area contributed by atoms with Crippen LogP contribution in [0, 0.1) is 0 Å². The van der Waals surface area contributed by atoms with Gasteiger partial charge in [0.15, 0.2) is 0 Å². The predicted octanol–water partition coefficient (Wildman–Crippen LogP) is 6.04. The Morgan fingerprint density at radius 1 is 1.06 bits per heavy atom. The summed E-state index contributed by atoms with van der Waals surface area (Å²) in [7, 11) is 0. The molecule has 0 N–H and O–H groups in total. The van der Waals surface area contributed by atoms with Gasteiger partial charge in [-0.2, -0.15) is 4.98 Å². The first kappa shape index (κ1) is 22.8. The number of carbonyl (C=O) groups excluding carboxylic acids is 2. The van der Waals surface area contributed by atoms with E-state index in [4.69, 9.17) is 16.1 Å². The zero-order valence-corrected chi connectivity index (χ0v) is 20.9. The zero-order valence-electron chi connectivity index (χ0n) is 19.3. The number of benzene rings is 3. The van der Waals surface area contributed by atoms with Crippen LogP contribution in [0.25, 0.3) is 11.4 Å². The summed E-state index contributed by atoms with van der Waals surface area (Å²) < 4.78 is 5.61. The molecule has 3 heterocycles. The molecule has 6 rings (SSSR count). The van der Waals surface area contributed by atoms with Crippen molar-refractivity contribution in [1.82, 2.24) is 10.1 Å². The Kier molecular flexibility index (Phi) is 5.78. The Hall–Kier alpha value is -3.62. The van der Waals surface area contributed by atoms with Crippen LogP contribution in [0.4, 0.5) is 11.4 Å². The lowest BCUT2D eigenvalue weighted by Crippen LogP contribution is -2.30. The smallest absolute Gasteiger partial charge is 0.259 e. The fourth-order valence-electron chi connectivity index (χ4n) is 4.66. The number of anilines is 2. The zero-order chi connectivity index (χ0) is 24.8. The standard InChI is InChI=1S/C27H21ClN4O3S/c1-2-31-21-11-10-16(12-23(21)36-22-9-4-3-8-20(22)27(31)34)25-29-26(35-30-25)17-13-24(33)32(15-17)19-7-5-6-18(28)14-19/h3-12,14,17H,2,13,15H2,1H3/t17-/m1/s1. The molecule has 1 aromatic heterocycles. The predicted molar refractivity (Wildman–Crippen MR) is 139 cm³/mol. The van der Waals surface area contributed by atoms with Gasteiger partial charge in [-0.1, -0.05) is 46.7 Å². The summed E-state index contributed by atoms with van der Waals surface area (Å²) >= 11 is 7.66. The maximum atomic E-state index is 13.1. The maximum Gasteiger partial charge on any atom is 0.259 e. The Bertz CT molecular complexity index is 1500. The first-order chi connectivity index (χ1) is 17.5. The number of hydrogen-bond donors (Lipinski definition) is 0. The molecular weight excluding hydrogens is 496 g/mol. The van der Waals surface area contributed by atoms with Crippen LogP contribution < -0.4 is 9.80 Å². The molecule has 1 saturated heterocycles. The van der Waals surface area contributed by atoms with Gasteiger partial charge >= 0.3 is 0 Å². The topological polar surface area (TPSA) is 79.5 Å². The Morgan fingerprint density at radius 2 is 1.92 bits per heavy atom. The van der Waals surface area contributed by atoms with Gasteiger partial charge in [-0.3, -0.25) is 9.59 Å². The Labute approximate surface area is 217 Å². The number of amides is 2. The summed E-state index contributed by atoms with van der Waals surface area (Å²) in [5.41, 5.74) is 3.09. The quantitative estimate of drug-likeness (QED) is 0.329. The molecule has 1 fully saturated rings. The van der Waals surface area contributed by atoms with E-state index in [1.165, 1.54) is 0 Å². The normalized spacial score (nSPS) is 17.2. The lowest BCUT2D eigenvalue weighted by molar-refractivity contribution is -0.117. The second kappa shape index (κ2) is 9.11. The van der Waals surface area contributed by atoms with Crippen LogP contribution in [0.2, 0.25) is 5.02 Å². The highest BCUT2D eigenvalue weighted by Crippen LogP contribution is 2.43. The molecule has 0 saturated carbocycles. The number of fused-ring (bicyclic) bond motifs is 2. The molecule has 0 bridgehead atoms. The number of rotatable bonds is 4. The molecule has 2 aliphatic rings. The lowest BCUT2D eigenvalue weighted by Gasteiger charge is -2.21. The van der Waals surface area contributed by atoms with E-state index in [0.29, 0.717) is 41.8 Å². The van der Waals surface area contributed by atoms with Gasteiger partial charge in [0.25, 0.3) is 5.91 Å². The van der Waals surface area contributed by atoms with Crippen LogP contribution in [-0.4, -0.2) is 35.0 Å². The fourth-order valence-corrected chi connectivity index (χ4v) is 5.96. The molecule has 0 radical (unpaired) electrons. The Balaban J connectivity index is 1.29. The van der Waals surface area contributed by atoms with Gasteiger partial charge in [0.05, 0.1) is 17.2 Å². The van der Waals surface area contributed by atoms with Crippen molar-refractivity contribution in [2.24, 2.45) is 0 Å². The minimum atomic E-state index is -0.201. The summed E-state index contributed by atoms with van der Waals surface area (Å²) in [6, 6.07) is 20.7. The van der Waals surface area contributed by atoms with E-state index in [-0.39, 0.29) is 17.7 Å². The van der Waals surface area contributed by atoms with Crippen molar-refractivity contribution in [3.8, 4) is 11.4 Å². The molecule has 0 spiro atoms. The molecule has 4 aromatic rings. The van der Waals surface area contributed by atoms with Crippen molar-refractivity contribution in [3.05, 3.63) is 83.2 Å². The summed E-state index contributed by atoms with van der Waals surface area (Å²) in [6.45, 7) is 2.98. The average Bonchev–Trinajstić information content (AvgIpc) is 3.50. The minimum Gasteiger partial charge on any atom is -0.339 e. The number of carbonyl (C=O) groups is 2. The molecule has 0 aliphatic carbocycles.